The van der Waals surface area contributed by atoms with Crippen molar-refractivity contribution in [1.82, 2.24) is 15.6 Å². The zero-order valence-corrected chi connectivity index (χ0v) is 20.0. The maximum absolute atomic E-state index is 4.77. The van der Waals surface area contributed by atoms with Gasteiger partial charge in [0.2, 0.25) is 0 Å². The maximum Gasteiger partial charge on any atom is 0.191 e. The Bertz CT molecular complexity index is 713. The fraction of sp³-hybridized carbons (Fsp3) is 0.524. The van der Waals surface area contributed by atoms with E-state index < -0.39 is 0 Å². The average Bonchev–Trinajstić information content (AvgIpc) is 3.26. The highest BCUT2D eigenvalue weighted by Gasteiger charge is 2.12. The molecule has 3 heterocycles. The molecule has 0 spiro atoms. The summed E-state index contributed by atoms with van der Waals surface area (Å²) >= 11 is 1.75. The van der Waals surface area contributed by atoms with Crippen molar-refractivity contribution in [1.29, 1.82) is 0 Å². The predicted octanol–water partition coefficient (Wildman–Crippen LogP) is 4.61. The number of anilines is 1. The SMILES string of the molecule is CCNC(=NCc1ccnc(N2CCCCC2)c1)NCC(C)c1ccsc1.I. The van der Waals surface area contributed by atoms with Crippen LogP contribution in [0.1, 0.15) is 50.2 Å². The largest absolute Gasteiger partial charge is 0.357 e. The number of aliphatic imine (C=N–C) groups is 1. The Hall–Kier alpha value is -1.35. The molecule has 1 unspecified atom stereocenters. The fourth-order valence-electron chi connectivity index (χ4n) is 3.29. The standard InChI is InChI=1S/C21H31N5S.HI/c1-3-22-21(24-14-17(2)19-8-12-27-16-19)25-15-18-7-9-23-20(13-18)26-10-5-4-6-11-26;/h7-9,12-13,16-17H,3-6,10-11,14-15H2,1-2H3,(H2,22,24,25);1H. The summed E-state index contributed by atoms with van der Waals surface area (Å²) in [4.78, 5) is 11.7. The van der Waals surface area contributed by atoms with Crippen molar-refractivity contribution in [2.24, 2.45) is 4.99 Å². The first kappa shape index (κ1) is 22.9. The van der Waals surface area contributed by atoms with E-state index in [9.17, 15) is 0 Å². The van der Waals surface area contributed by atoms with Gasteiger partial charge in [0.15, 0.2) is 5.96 Å². The number of piperidine rings is 1. The first-order valence-electron chi connectivity index (χ1n) is 10.0. The third-order valence-electron chi connectivity index (χ3n) is 4.94. The van der Waals surface area contributed by atoms with Crippen molar-refractivity contribution < 1.29 is 0 Å². The van der Waals surface area contributed by atoms with E-state index in [1.54, 1.807) is 11.3 Å². The molecule has 2 N–H and O–H groups in total. The van der Waals surface area contributed by atoms with Gasteiger partial charge in [-0.05, 0) is 72.2 Å². The number of nitrogens with zero attached hydrogens (tertiary/aromatic N) is 3. The Morgan fingerprint density at radius 3 is 2.79 bits per heavy atom. The van der Waals surface area contributed by atoms with Crippen molar-refractivity contribution in [3.63, 3.8) is 0 Å². The predicted molar refractivity (Wildman–Crippen MR) is 131 cm³/mol. The van der Waals surface area contributed by atoms with Gasteiger partial charge in [0.05, 0.1) is 6.54 Å². The number of rotatable bonds is 7. The highest BCUT2D eigenvalue weighted by atomic mass is 127. The second-order valence-corrected chi connectivity index (χ2v) is 7.88. The first-order chi connectivity index (χ1) is 13.3. The molecule has 0 radical (unpaired) electrons. The average molecular weight is 513 g/mol. The summed E-state index contributed by atoms with van der Waals surface area (Å²) in [6.07, 6.45) is 5.78. The third kappa shape index (κ3) is 6.92. The molecule has 0 bridgehead atoms. The molecule has 3 rings (SSSR count). The monoisotopic (exact) mass is 513 g/mol. The van der Waals surface area contributed by atoms with Crippen molar-refractivity contribution in [2.45, 2.75) is 45.6 Å². The van der Waals surface area contributed by atoms with Gasteiger partial charge >= 0.3 is 0 Å². The topological polar surface area (TPSA) is 52.6 Å². The van der Waals surface area contributed by atoms with Crippen molar-refractivity contribution in [3.05, 3.63) is 46.3 Å². The molecule has 5 nitrogen and oxygen atoms in total. The molecule has 1 fully saturated rings. The molecule has 0 aliphatic carbocycles. The van der Waals surface area contributed by atoms with Crippen molar-refractivity contribution in [2.75, 3.05) is 31.1 Å². The minimum absolute atomic E-state index is 0. The van der Waals surface area contributed by atoms with E-state index in [1.807, 2.05) is 6.20 Å². The molecular weight excluding hydrogens is 481 g/mol. The van der Waals surface area contributed by atoms with Crippen LogP contribution in [0.5, 0.6) is 0 Å². The van der Waals surface area contributed by atoms with Crippen LogP contribution in [0.2, 0.25) is 0 Å². The van der Waals surface area contributed by atoms with Gasteiger partial charge in [0.1, 0.15) is 5.82 Å². The second-order valence-electron chi connectivity index (χ2n) is 7.10. The quantitative estimate of drug-likeness (QED) is 0.323. The van der Waals surface area contributed by atoms with E-state index in [2.05, 4.69) is 63.3 Å². The number of pyridine rings is 1. The molecule has 0 aromatic carbocycles. The van der Waals surface area contributed by atoms with Crippen LogP contribution in [0.25, 0.3) is 0 Å². The lowest BCUT2D eigenvalue weighted by molar-refractivity contribution is 0.573. The lowest BCUT2D eigenvalue weighted by Crippen LogP contribution is -2.39. The van der Waals surface area contributed by atoms with E-state index in [0.29, 0.717) is 12.5 Å². The molecule has 1 aliphatic rings. The molecule has 1 saturated heterocycles. The normalized spacial score (nSPS) is 15.6. The Morgan fingerprint density at radius 1 is 1.25 bits per heavy atom. The fourth-order valence-corrected chi connectivity index (χ4v) is 4.07. The van der Waals surface area contributed by atoms with Crippen LogP contribution in [0.15, 0.2) is 40.1 Å². The van der Waals surface area contributed by atoms with Gasteiger partial charge in [-0.1, -0.05) is 6.92 Å². The van der Waals surface area contributed by atoms with Gasteiger partial charge in [-0.2, -0.15) is 11.3 Å². The number of aromatic nitrogens is 1. The van der Waals surface area contributed by atoms with E-state index >= 15 is 0 Å². The Kier molecular flexibility index (Phi) is 10.0. The van der Waals surface area contributed by atoms with Crippen LogP contribution in [0.4, 0.5) is 5.82 Å². The Labute approximate surface area is 190 Å². The maximum atomic E-state index is 4.77. The van der Waals surface area contributed by atoms with Crippen LogP contribution in [0.3, 0.4) is 0 Å². The lowest BCUT2D eigenvalue weighted by Gasteiger charge is -2.27. The van der Waals surface area contributed by atoms with Crippen LogP contribution >= 0.6 is 35.3 Å². The second kappa shape index (κ2) is 12.3. The van der Waals surface area contributed by atoms with E-state index in [-0.39, 0.29) is 24.0 Å². The molecular formula is C21H32IN5S. The lowest BCUT2D eigenvalue weighted by atomic mass is 10.1. The highest BCUT2D eigenvalue weighted by Crippen LogP contribution is 2.19. The number of hydrogen-bond acceptors (Lipinski definition) is 4. The molecule has 0 saturated carbocycles. The molecule has 0 amide bonds. The summed E-state index contributed by atoms with van der Waals surface area (Å²) in [6.45, 7) is 8.96. The van der Waals surface area contributed by atoms with Gasteiger partial charge in [-0.25, -0.2) is 9.98 Å². The van der Waals surface area contributed by atoms with Gasteiger partial charge < -0.3 is 15.5 Å². The molecule has 154 valence electrons. The van der Waals surface area contributed by atoms with E-state index in [1.165, 1.54) is 30.4 Å². The summed E-state index contributed by atoms with van der Waals surface area (Å²) in [5.41, 5.74) is 2.58. The minimum Gasteiger partial charge on any atom is -0.357 e. The number of thiophene rings is 1. The molecule has 2 aromatic heterocycles. The molecule has 2 aromatic rings. The van der Waals surface area contributed by atoms with Gasteiger partial charge in [0.25, 0.3) is 0 Å². The summed E-state index contributed by atoms with van der Waals surface area (Å²) in [5, 5.41) is 11.2. The zero-order chi connectivity index (χ0) is 18.9. The summed E-state index contributed by atoms with van der Waals surface area (Å²) < 4.78 is 0. The Morgan fingerprint density at radius 2 is 2.07 bits per heavy atom. The summed E-state index contributed by atoms with van der Waals surface area (Å²) in [7, 11) is 0. The number of nitrogens with one attached hydrogen (secondary N) is 2. The first-order valence-corrected chi connectivity index (χ1v) is 10.9. The third-order valence-corrected chi connectivity index (χ3v) is 5.64. The molecule has 1 atom stereocenters. The van der Waals surface area contributed by atoms with Crippen LogP contribution in [-0.2, 0) is 6.54 Å². The minimum atomic E-state index is 0. The van der Waals surface area contributed by atoms with Gasteiger partial charge in [-0.15, -0.1) is 24.0 Å². The molecule has 28 heavy (non-hydrogen) atoms. The van der Waals surface area contributed by atoms with Gasteiger partial charge in [0, 0.05) is 32.4 Å². The molecule has 7 heteroatoms. The van der Waals surface area contributed by atoms with Crippen LogP contribution in [-0.4, -0.2) is 37.1 Å². The van der Waals surface area contributed by atoms with Crippen LogP contribution in [0, 0.1) is 0 Å². The summed E-state index contributed by atoms with van der Waals surface area (Å²) in [6, 6.07) is 6.45. The van der Waals surface area contributed by atoms with E-state index in [4.69, 9.17) is 4.99 Å². The smallest absolute Gasteiger partial charge is 0.191 e. The van der Waals surface area contributed by atoms with Crippen molar-refractivity contribution >= 4 is 47.1 Å². The highest BCUT2D eigenvalue weighted by molar-refractivity contribution is 14.0. The number of hydrogen-bond donors (Lipinski definition) is 2. The van der Waals surface area contributed by atoms with Crippen molar-refractivity contribution in [3.8, 4) is 0 Å². The zero-order valence-electron chi connectivity index (χ0n) is 16.9. The van der Waals surface area contributed by atoms with E-state index in [0.717, 1.165) is 38.0 Å². The van der Waals surface area contributed by atoms with Gasteiger partial charge in [-0.3, -0.25) is 0 Å². The number of halogens is 1. The van der Waals surface area contributed by atoms with Crippen LogP contribution < -0.4 is 15.5 Å². The Balaban J connectivity index is 0.00000280. The number of guanidine groups is 1. The summed E-state index contributed by atoms with van der Waals surface area (Å²) in [5.74, 6) is 2.43. The molecule has 1 aliphatic heterocycles.